The highest BCUT2D eigenvalue weighted by Gasteiger charge is 2.37. The Labute approximate surface area is 175 Å². The summed E-state index contributed by atoms with van der Waals surface area (Å²) < 4.78 is 52.3. The topological polar surface area (TPSA) is 66.8 Å². The number of nitrogens with zero attached hydrogens (tertiary/aromatic N) is 4. The summed E-state index contributed by atoms with van der Waals surface area (Å²) in [6.45, 7) is 0. The van der Waals surface area contributed by atoms with Crippen LogP contribution in [-0.4, -0.2) is 26.6 Å². The molecule has 1 aliphatic heterocycles. The van der Waals surface area contributed by atoms with Crippen LogP contribution in [-0.2, 0) is 12.6 Å². The lowest BCUT2D eigenvalue weighted by Gasteiger charge is -2.07. The molecule has 1 atom stereocenters. The lowest BCUT2D eigenvalue weighted by molar-refractivity contribution is -0.140. The number of pyridine rings is 1. The summed E-state index contributed by atoms with van der Waals surface area (Å²) in [6, 6.07) is 9.51. The molecule has 1 aromatic carbocycles. The zero-order valence-electron chi connectivity index (χ0n) is 16.4. The normalized spacial score (nSPS) is 16.0. The molecule has 1 aliphatic rings. The highest BCUT2D eigenvalue weighted by Crippen LogP contribution is 2.35. The first-order valence-corrected chi connectivity index (χ1v) is 9.85. The standard InChI is InChI=1S/C22H19F4N5/c23-17-7-5-14(6-8-17)3-1-2-4-15-11-18(28-13-15)19-12-16(9-10-27-19)20-21(22(24,25)26)30-31-29-20/h5-13,15H,1-4H2,(H,29,30,31). The van der Waals surface area contributed by atoms with Crippen LogP contribution in [0.15, 0.2) is 53.7 Å². The van der Waals surface area contributed by atoms with E-state index in [1.165, 1.54) is 30.5 Å². The van der Waals surface area contributed by atoms with Gasteiger partial charge in [-0.05, 0) is 55.2 Å². The minimum Gasteiger partial charge on any atom is -0.259 e. The molecule has 0 saturated heterocycles. The summed E-state index contributed by atoms with van der Waals surface area (Å²) in [4.78, 5) is 8.64. The number of alkyl halides is 3. The van der Waals surface area contributed by atoms with Gasteiger partial charge in [0, 0.05) is 23.9 Å². The van der Waals surface area contributed by atoms with Crippen LogP contribution in [0.3, 0.4) is 0 Å². The first kappa shape index (κ1) is 20.9. The Hall–Kier alpha value is -3.36. The largest absolute Gasteiger partial charge is 0.435 e. The predicted octanol–water partition coefficient (Wildman–Crippen LogP) is 5.48. The summed E-state index contributed by atoms with van der Waals surface area (Å²) in [5.74, 6) is -0.0918. The van der Waals surface area contributed by atoms with Gasteiger partial charge in [-0.1, -0.05) is 23.8 Å². The monoisotopic (exact) mass is 429 g/mol. The number of unbranched alkanes of at least 4 members (excludes halogenated alkanes) is 1. The molecule has 0 saturated carbocycles. The quantitative estimate of drug-likeness (QED) is 0.400. The number of allylic oxidation sites excluding steroid dienone is 1. The summed E-state index contributed by atoms with van der Waals surface area (Å²) >= 11 is 0. The Kier molecular flexibility index (Phi) is 5.92. The average Bonchev–Trinajstić information content (AvgIpc) is 3.42. The van der Waals surface area contributed by atoms with Crippen LogP contribution in [0.1, 0.15) is 36.2 Å². The summed E-state index contributed by atoms with van der Waals surface area (Å²) in [7, 11) is 0. The molecule has 0 bridgehead atoms. The minimum atomic E-state index is -4.58. The summed E-state index contributed by atoms with van der Waals surface area (Å²) in [6.07, 6.45) is 4.38. The number of aromatic amines is 1. The highest BCUT2D eigenvalue weighted by atomic mass is 19.4. The second kappa shape index (κ2) is 8.79. The number of rotatable bonds is 7. The first-order chi connectivity index (χ1) is 14.9. The Morgan fingerprint density at radius 2 is 1.84 bits per heavy atom. The molecule has 1 N–H and O–H groups in total. The molecule has 4 rings (SSSR count). The Bertz CT molecular complexity index is 1100. The van der Waals surface area contributed by atoms with Crippen LogP contribution in [0.2, 0.25) is 0 Å². The van der Waals surface area contributed by atoms with Crippen LogP contribution in [0.5, 0.6) is 0 Å². The van der Waals surface area contributed by atoms with Gasteiger partial charge in [0.15, 0.2) is 5.69 Å². The molecular formula is C22H19F4N5. The van der Waals surface area contributed by atoms with E-state index in [0.717, 1.165) is 31.2 Å². The van der Waals surface area contributed by atoms with Crippen LogP contribution in [0, 0.1) is 11.7 Å². The molecule has 2 aromatic heterocycles. The van der Waals surface area contributed by atoms with E-state index >= 15 is 0 Å². The number of benzene rings is 1. The highest BCUT2D eigenvalue weighted by molar-refractivity contribution is 5.83. The fourth-order valence-corrected chi connectivity index (χ4v) is 3.48. The second-order valence-corrected chi connectivity index (χ2v) is 7.33. The number of H-pyrrole nitrogens is 1. The van der Waals surface area contributed by atoms with E-state index < -0.39 is 11.9 Å². The molecule has 0 fully saturated rings. The zero-order valence-corrected chi connectivity index (χ0v) is 16.4. The van der Waals surface area contributed by atoms with Gasteiger partial charge in [0.05, 0.1) is 11.4 Å². The molecule has 5 nitrogen and oxygen atoms in total. The van der Waals surface area contributed by atoms with Gasteiger partial charge in [-0.3, -0.25) is 15.1 Å². The van der Waals surface area contributed by atoms with Crippen molar-refractivity contribution >= 4 is 11.9 Å². The average molecular weight is 429 g/mol. The van der Waals surface area contributed by atoms with Crippen molar-refractivity contribution in [3.05, 3.63) is 71.4 Å². The van der Waals surface area contributed by atoms with Crippen molar-refractivity contribution in [2.45, 2.75) is 31.9 Å². The maximum absolute atomic E-state index is 13.1. The fraction of sp³-hybridized carbons (Fsp3) is 0.273. The fourth-order valence-electron chi connectivity index (χ4n) is 3.48. The lowest BCUT2D eigenvalue weighted by Crippen LogP contribution is -2.07. The number of aryl methyl sites for hydroxylation is 1. The van der Waals surface area contributed by atoms with Gasteiger partial charge in [-0.25, -0.2) is 4.39 Å². The predicted molar refractivity (Wildman–Crippen MR) is 109 cm³/mol. The van der Waals surface area contributed by atoms with E-state index in [2.05, 4.69) is 20.3 Å². The lowest BCUT2D eigenvalue weighted by atomic mass is 10.00. The van der Waals surface area contributed by atoms with Gasteiger partial charge in [0.2, 0.25) is 0 Å². The number of hydrogen-bond donors (Lipinski definition) is 1. The maximum atomic E-state index is 13.1. The number of aliphatic imine (C=N–C) groups is 1. The van der Waals surface area contributed by atoms with E-state index in [0.29, 0.717) is 11.4 Å². The van der Waals surface area contributed by atoms with E-state index in [1.807, 2.05) is 17.4 Å². The van der Waals surface area contributed by atoms with Crippen LogP contribution in [0.4, 0.5) is 17.6 Å². The molecule has 0 aliphatic carbocycles. The van der Waals surface area contributed by atoms with Gasteiger partial charge in [-0.2, -0.15) is 13.2 Å². The number of halogens is 4. The van der Waals surface area contributed by atoms with Crippen molar-refractivity contribution in [1.29, 1.82) is 0 Å². The van der Waals surface area contributed by atoms with Crippen molar-refractivity contribution < 1.29 is 17.6 Å². The maximum Gasteiger partial charge on any atom is 0.435 e. The number of aromatic nitrogens is 4. The Balaban J connectivity index is 1.38. The van der Waals surface area contributed by atoms with Gasteiger partial charge in [0.25, 0.3) is 0 Å². The molecule has 0 spiro atoms. The van der Waals surface area contributed by atoms with Gasteiger partial charge in [-0.15, -0.1) is 5.10 Å². The van der Waals surface area contributed by atoms with Crippen LogP contribution < -0.4 is 0 Å². The third-order valence-electron chi connectivity index (χ3n) is 5.07. The third kappa shape index (κ3) is 5.04. The smallest absolute Gasteiger partial charge is 0.259 e. The number of nitrogens with one attached hydrogen (secondary N) is 1. The van der Waals surface area contributed by atoms with E-state index in [1.54, 1.807) is 12.1 Å². The molecule has 3 aromatic rings. The molecule has 9 heteroatoms. The van der Waals surface area contributed by atoms with Gasteiger partial charge in [0.1, 0.15) is 11.5 Å². The summed E-state index contributed by atoms with van der Waals surface area (Å²) in [5.41, 5.74) is 1.22. The van der Waals surface area contributed by atoms with Gasteiger partial charge < -0.3 is 0 Å². The van der Waals surface area contributed by atoms with Crippen molar-refractivity contribution in [2.75, 3.05) is 0 Å². The molecular weight excluding hydrogens is 410 g/mol. The number of hydrogen-bond acceptors (Lipinski definition) is 4. The third-order valence-corrected chi connectivity index (χ3v) is 5.07. The Morgan fingerprint density at radius 3 is 2.61 bits per heavy atom. The van der Waals surface area contributed by atoms with E-state index in [9.17, 15) is 17.6 Å². The van der Waals surface area contributed by atoms with Crippen molar-refractivity contribution in [3.8, 4) is 11.3 Å². The molecule has 0 radical (unpaired) electrons. The molecule has 31 heavy (non-hydrogen) atoms. The van der Waals surface area contributed by atoms with E-state index in [-0.39, 0.29) is 23.0 Å². The van der Waals surface area contributed by atoms with E-state index in [4.69, 9.17) is 0 Å². The van der Waals surface area contributed by atoms with Gasteiger partial charge >= 0.3 is 6.18 Å². The van der Waals surface area contributed by atoms with Crippen LogP contribution in [0.25, 0.3) is 17.0 Å². The minimum absolute atomic E-state index is 0.145. The van der Waals surface area contributed by atoms with Crippen molar-refractivity contribution in [3.63, 3.8) is 0 Å². The molecule has 160 valence electrons. The molecule has 1 unspecified atom stereocenters. The zero-order chi connectivity index (χ0) is 21.8. The van der Waals surface area contributed by atoms with Crippen LogP contribution >= 0.6 is 0 Å². The molecule has 3 heterocycles. The molecule has 0 amide bonds. The summed E-state index contributed by atoms with van der Waals surface area (Å²) in [5, 5.41) is 8.79. The van der Waals surface area contributed by atoms with Crippen molar-refractivity contribution in [2.24, 2.45) is 10.9 Å². The first-order valence-electron chi connectivity index (χ1n) is 9.85. The Morgan fingerprint density at radius 1 is 1.03 bits per heavy atom. The SMILES string of the molecule is Fc1ccc(CCCCC2C=NC(c3cc(-c4nn[nH]c4C(F)(F)F)ccn3)=C2)cc1. The van der Waals surface area contributed by atoms with Crippen molar-refractivity contribution in [1.82, 2.24) is 20.4 Å². The second-order valence-electron chi connectivity index (χ2n) is 7.33.